The Kier molecular flexibility index (Phi) is 3.88. The first-order valence-electron chi connectivity index (χ1n) is 6.39. The van der Waals surface area contributed by atoms with E-state index < -0.39 is 5.97 Å². The lowest BCUT2D eigenvalue weighted by molar-refractivity contribution is -0.130. The highest BCUT2D eigenvalue weighted by Crippen LogP contribution is 2.33. The van der Waals surface area contributed by atoms with E-state index >= 15 is 0 Å². The van der Waals surface area contributed by atoms with Gasteiger partial charge in [0.2, 0.25) is 0 Å². The highest BCUT2D eigenvalue weighted by molar-refractivity contribution is 6.41. The number of nitrogens with zero attached hydrogens (tertiary/aromatic N) is 1. The third-order valence-corrected chi connectivity index (χ3v) is 3.88. The zero-order valence-electron chi connectivity index (χ0n) is 11.2. The van der Waals surface area contributed by atoms with Gasteiger partial charge in [0.1, 0.15) is 5.65 Å². The maximum absolute atomic E-state index is 11.7. The van der Waals surface area contributed by atoms with Gasteiger partial charge in [-0.2, -0.15) is 0 Å². The second-order valence-electron chi connectivity index (χ2n) is 4.60. The molecule has 1 aromatic carbocycles. The molecule has 4 nitrogen and oxygen atoms in total. The van der Waals surface area contributed by atoms with Crippen LogP contribution in [0.2, 0.25) is 10.0 Å². The number of nitrogens with one attached hydrogen (secondary N) is 1. The van der Waals surface area contributed by atoms with Crippen LogP contribution < -0.4 is 0 Å². The standard InChI is InChI=1S/C16H10Cl2N2O2/c17-12-4-1-5-13(18)14(12)11(16(21)22)7-9-8-20-15-10(9)3-2-6-19-15/h1-8H,(H,19,20)(H,21,22). The van der Waals surface area contributed by atoms with Crippen LogP contribution in [-0.2, 0) is 4.79 Å². The normalized spacial score (nSPS) is 11.8. The van der Waals surface area contributed by atoms with Crippen LogP contribution in [0.3, 0.4) is 0 Å². The van der Waals surface area contributed by atoms with Gasteiger partial charge in [0, 0.05) is 28.9 Å². The fraction of sp³-hybridized carbons (Fsp3) is 0. The van der Waals surface area contributed by atoms with Gasteiger partial charge in [-0.1, -0.05) is 29.3 Å². The molecule has 22 heavy (non-hydrogen) atoms. The van der Waals surface area contributed by atoms with E-state index in [2.05, 4.69) is 9.97 Å². The summed E-state index contributed by atoms with van der Waals surface area (Å²) in [4.78, 5) is 18.8. The van der Waals surface area contributed by atoms with Crippen LogP contribution in [0.25, 0.3) is 22.7 Å². The molecule has 0 aliphatic heterocycles. The number of hydrogen-bond acceptors (Lipinski definition) is 2. The zero-order chi connectivity index (χ0) is 15.7. The molecule has 0 amide bonds. The van der Waals surface area contributed by atoms with E-state index in [0.29, 0.717) is 26.8 Å². The van der Waals surface area contributed by atoms with E-state index in [1.807, 2.05) is 6.07 Å². The summed E-state index contributed by atoms with van der Waals surface area (Å²) >= 11 is 12.2. The van der Waals surface area contributed by atoms with Crippen LogP contribution in [0.1, 0.15) is 11.1 Å². The highest BCUT2D eigenvalue weighted by Gasteiger charge is 2.18. The highest BCUT2D eigenvalue weighted by atomic mass is 35.5. The summed E-state index contributed by atoms with van der Waals surface area (Å²) in [6.07, 6.45) is 4.90. The Hall–Kier alpha value is -2.30. The SMILES string of the molecule is O=C(O)C(=Cc1c[nH]c2ncccc12)c1c(Cl)cccc1Cl. The molecule has 0 fully saturated rings. The molecule has 0 unspecified atom stereocenters. The molecule has 3 aromatic rings. The van der Waals surface area contributed by atoms with Gasteiger partial charge in [-0.05, 0) is 30.3 Å². The second-order valence-corrected chi connectivity index (χ2v) is 5.42. The van der Waals surface area contributed by atoms with Crippen molar-refractivity contribution in [2.75, 3.05) is 0 Å². The molecule has 0 bridgehead atoms. The van der Waals surface area contributed by atoms with E-state index in [0.717, 1.165) is 5.39 Å². The first-order valence-corrected chi connectivity index (χ1v) is 7.15. The summed E-state index contributed by atoms with van der Waals surface area (Å²) in [5.41, 5.74) is 1.72. The van der Waals surface area contributed by atoms with Crippen molar-refractivity contribution in [1.82, 2.24) is 9.97 Å². The molecule has 0 aliphatic carbocycles. The number of aromatic amines is 1. The summed E-state index contributed by atoms with van der Waals surface area (Å²) in [6, 6.07) is 8.53. The molecule has 2 N–H and O–H groups in total. The lowest BCUT2D eigenvalue weighted by Gasteiger charge is -2.07. The fourth-order valence-electron chi connectivity index (χ4n) is 2.25. The molecule has 0 atom stereocenters. The minimum atomic E-state index is -1.10. The van der Waals surface area contributed by atoms with Crippen molar-refractivity contribution in [3.8, 4) is 0 Å². The van der Waals surface area contributed by atoms with Gasteiger partial charge in [0.05, 0.1) is 15.6 Å². The number of fused-ring (bicyclic) bond motifs is 1. The molecule has 110 valence electrons. The van der Waals surface area contributed by atoms with E-state index in [9.17, 15) is 9.90 Å². The summed E-state index contributed by atoms with van der Waals surface area (Å²) in [5.74, 6) is -1.10. The molecule has 0 saturated heterocycles. The van der Waals surface area contributed by atoms with Gasteiger partial charge in [-0.15, -0.1) is 0 Å². The van der Waals surface area contributed by atoms with Gasteiger partial charge >= 0.3 is 5.97 Å². The quantitative estimate of drug-likeness (QED) is 0.694. The zero-order valence-corrected chi connectivity index (χ0v) is 12.7. The molecule has 2 heterocycles. The Balaban J connectivity index is 2.22. The number of carboxylic acids is 1. The monoisotopic (exact) mass is 332 g/mol. The first kappa shape index (κ1) is 14.6. The lowest BCUT2D eigenvalue weighted by atomic mass is 10.0. The van der Waals surface area contributed by atoms with Crippen LogP contribution in [0.5, 0.6) is 0 Å². The van der Waals surface area contributed by atoms with Crippen LogP contribution >= 0.6 is 23.2 Å². The van der Waals surface area contributed by atoms with E-state index in [-0.39, 0.29) is 5.57 Å². The number of pyridine rings is 1. The second kappa shape index (κ2) is 5.83. The molecule has 0 aliphatic rings. The molecule has 6 heteroatoms. The Labute approximate surface area is 136 Å². The molecule has 0 radical (unpaired) electrons. The minimum absolute atomic E-state index is 0.0281. The lowest BCUT2D eigenvalue weighted by Crippen LogP contribution is -2.01. The average Bonchev–Trinajstić information content (AvgIpc) is 2.89. The van der Waals surface area contributed by atoms with E-state index in [1.54, 1.807) is 36.7 Å². The molecule has 0 spiro atoms. The van der Waals surface area contributed by atoms with Crippen molar-refractivity contribution in [2.45, 2.75) is 0 Å². The maximum Gasteiger partial charge on any atom is 0.336 e. The van der Waals surface area contributed by atoms with Crippen molar-refractivity contribution in [3.05, 3.63) is 63.9 Å². The topological polar surface area (TPSA) is 66.0 Å². The average molecular weight is 333 g/mol. The predicted octanol–water partition coefficient (Wildman–Crippen LogP) is 4.49. The van der Waals surface area contributed by atoms with Gasteiger partial charge in [0.25, 0.3) is 0 Å². The van der Waals surface area contributed by atoms with Crippen molar-refractivity contribution in [1.29, 1.82) is 0 Å². The molecule has 2 aromatic heterocycles. The van der Waals surface area contributed by atoms with Crippen LogP contribution in [0.4, 0.5) is 0 Å². The third kappa shape index (κ3) is 2.58. The van der Waals surface area contributed by atoms with Crippen molar-refractivity contribution >= 4 is 51.9 Å². The number of halogens is 2. The molecular formula is C16H10Cl2N2O2. The number of H-pyrrole nitrogens is 1. The summed E-state index contributed by atoms with van der Waals surface area (Å²) in [6.45, 7) is 0. The van der Waals surface area contributed by atoms with Crippen molar-refractivity contribution < 1.29 is 9.90 Å². The Morgan fingerprint density at radius 2 is 1.91 bits per heavy atom. The predicted molar refractivity (Wildman–Crippen MR) is 88.1 cm³/mol. The fourth-order valence-corrected chi connectivity index (χ4v) is 2.85. The van der Waals surface area contributed by atoms with Crippen LogP contribution in [-0.4, -0.2) is 21.0 Å². The van der Waals surface area contributed by atoms with E-state index in [4.69, 9.17) is 23.2 Å². The van der Waals surface area contributed by atoms with Crippen molar-refractivity contribution in [3.63, 3.8) is 0 Å². The summed E-state index contributed by atoms with van der Waals surface area (Å²) < 4.78 is 0. The molecule has 3 rings (SSSR count). The van der Waals surface area contributed by atoms with Gasteiger partial charge in [0.15, 0.2) is 0 Å². The van der Waals surface area contributed by atoms with Crippen molar-refractivity contribution in [2.24, 2.45) is 0 Å². The number of carbonyl (C=O) groups is 1. The van der Waals surface area contributed by atoms with Gasteiger partial charge < -0.3 is 10.1 Å². The number of aromatic nitrogens is 2. The Morgan fingerprint density at radius 1 is 1.18 bits per heavy atom. The maximum atomic E-state index is 11.7. The van der Waals surface area contributed by atoms with Crippen LogP contribution in [0.15, 0.2) is 42.7 Å². The number of carboxylic acid groups (broad SMARTS) is 1. The number of hydrogen-bond donors (Lipinski definition) is 2. The largest absolute Gasteiger partial charge is 0.478 e. The summed E-state index contributed by atoms with van der Waals surface area (Å²) in [5, 5.41) is 10.9. The van der Waals surface area contributed by atoms with E-state index in [1.165, 1.54) is 6.08 Å². The Bertz CT molecular complexity index is 880. The smallest absolute Gasteiger partial charge is 0.336 e. The van der Waals surface area contributed by atoms with Gasteiger partial charge in [-0.3, -0.25) is 0 Å². The summed E-state index contributed by atoms with van der Waals surface area (Å²) in [7, 11) is 0. The van der Waals surface area contributed by atoms with Crippen LogP contribution in [0, 0.1) is 0 Å². The Morgan fingerprint density at radius 3 is 2.59 bits per heavy atom. The minimum Gasteiger partial charge on any atom is -0.478 e. The number of aliphatic carboxylic acids is 1. The molecule has 0 saturated carbocycles. The third-order valence-electron chi connectivity index (χ3n) is 3.25. The number of benzene rings is 1. The number of rotatable bonds is 3. The van der Waals surface area contributed by atoms with Gasteiger partial charge in [-0.25, -0.2) is 9.78 Å². The molecular weight excluding hydrogens is 323 g/mol. The first-order chi connectivity index (χ1) is 10.6.